The van der Waals surface area contributed by atoms with Gasteiger partial charge in [-0.1, -0.05) is 6.07 Å². The smallest absolute Gasteiger partial charge is 0.318 e. The minimum atomic E-state index is 0.324. The summed E-state index contributed by atoms with van der Waals surface area (Å²) in [6.07, 6.45) is 2.54. The van der Waals surface area contributed by atoms with Crippen molar-refractivity contribution in [3.63, 3.8) is 0 Å². The fourth-order valence-electron chi connectivity index (χ4n) is 4.36. The molecule has 0 saturated carbocycles. The highest BCUT2D eigenvalue weighted by Gasteiger charge is 2.35. The van der Waals surface area contributed by atoms with Crippen LogP contribution in [0.15, 0.2) is 12.1 Å². The molecule has 3 N–H and O–H groups in total. The van der Waals surface area contributed by atoms with Crippen LogP contribution >= 0.6 is 0 Å². The number of methoxy groups -OCH3 is 1. The molecule has 5 rings (SSSR count). The molecular formula is C21H30N6O2. The molecule has 156 valence electrons. The zero-order valence-corrected chi connectivity index (χ0v) is 17.4. The van der Waals surface area contributed by atoms with Crippen molar-refractivity contribution in [2.75, 3.05) is 44.4 Å². The van der Waals surface area contributed by atoms with Crippen LogP contribution < -0.4 is 20.5 Å². The van der Waals surface area contributed by atoms with Crippen LogP contribution in [0.3, 0.4) is 0 Å². The Kier molecular flexibility index (Phi) is 5.71. The van der Waals surface area contributed by atoms with Gasteiger partial charge in [0.2, 0.25) is 5.88 Å². The van der Waals surface area contributed by atoms with Gasteiger partial charge in [0.05, 0.1) is 25.1 Å². The Bertz CT molecular complexity index is 866. The van der Waals surface area contributed by atoms with E-state index >= 15 is 0 Å². The summed E-state index contributed by atoms with van der Waals surface area (Å²) >= 11 is 0. The number of fused-ring (bicyclic) bond motifs is 3. The Morgan fingerprint density at radius 2 is 2.00 bits per heavy atom. The number of pyridine rings is 1. The summed E-state index contributed by atoms with van der Waals surface area (Å²) < 4.78 is 11.0. The van der Waals surface area contributed by atoms with Gasteiger partial charge in [0.1, 0.15) is 0 Å². The lowest BCUT2D eigenvalue weighted by Gasteiger charge is -2.44. The SMILES string of the molecule is CCOc1nc(C)c(N)c(NCc2ccc(C3CN4CCC3CC4)nc2OC)n1. The molecule has 8 nitrogen and oxygen atoms in total. The maximum atomic E-state index is 6.14. The highest BCUT2D eigenvalue weighted by atomic mass is 16.5. The first kappa shape index (κ1) is 19.7. The molecule has 0 aromatic carbocycles. The lowest BCUT2D eigenvalue weighted by atomic mass is 9.77. The van der Waals surface area contributed by atoms with Crippen LogP contribution in [0.2, 0.25) is 0 Å². The molecule has 3 aliphatic heterocycles. The molecule has 2 bridgehead atoms. The normalized spacial score (nSPS) is 23.1. The van der Waals surface area contributed by atoms with Gasteiger partial charge in [-0.3, -0.25) is 0 Å². The number of nitrogens with two attached hydrogens (primary N) is 1. The standard InChI is InChI=1S/C21H30N6O2/c1-4-29-21-24-13(2)18(22)19(26-21)23-11-15-5-6-17(25-20(15)28-3)16-12-27-9-7-14(16)8-10-27/h5-6,14,16H,4,7-12,22H2,1-3H3,(H,23,24,26). The number of aromatic nitrogens is 3. The van der Waals surface area contributed by atoms with Crippen molar-refractivity contribution in [3.8, 4) is 11.9 Å². The largest absolute Gasteiger partial charge is 0.481 e. The lowest BCUT2D eigenvalue weighted by molar-refractivity contribution is 0.0852. The van der Waals surface area contributed by atoms with Gasteiger partial charge in [0.15, 0.2) is 5.82 Å². The van der Waals surface area contributed by atoms with E-state index < -0.39 is 0 Å². The molecule has 3 saturated heterocycles. The van der Waals surface area contributed by atoms with Gasteiger partial charge < -0.3 is 25.4 Å². The Labute approximate surface area is 171 Å². The van der Waals surface area contributed by atoms with Crippen LogP contribution in [-0.2, 0) is 6.54 Å². The second-order valence-electron chi connectivity index (χ2n) is 7.79. The summed E-state index contributed by atoms with van der Waals surface area (Å²) in [6, 6.07) is 4.57. The van der Waals surface area contributed by atoms with Crippen molar-refractivity contribution in [2.24, 2.45) is 5.92 Å². The summed E-state index contributed by atoms with van der Waals surface area (Å²) in [6.45, 7) is 8.30. The van der Waals surface area contributed by atoms with E-state index in [0.717, 1.165) is 23.7 Å². The second-order valence-corrected chi connectivity index (χ2v) is 7.79. The number of nitrogens with one attached hydrogen (secondary N) is 1. The zero-order valence-electron chi connectivity index (χ0n) is 17.4. The number of aryl methyl sites for hydroxylation is 1. The van der Waals surface area contributed by atoms with Crippen LogP contribution in [0, 0.1) is 12.8 Å². The van der Waals surface area contributed by atoms with Crippen LogP contribution in [-0.4, -0.2) is 53.2 Å². The van der Waals surface area contributed by atoms with Crippen molar-refractivity contribution in [1.29, 1.82) is 0 Å². The fourth-order valence-corrected chi connectivity index (χ4v) is 4.36. The zero-order chi connectivity index (χ0) is 20.4. The second kappa shape index (κ2) is 8.41. The molecule has 0 aliphatic carbocycles. The highest BCUT2D eigenvalue weighted by Crippen LogP contribution is 2.39. The van der Waals surface area contributed by atoms with E-state index in [0.29, 0.717) is 48.2 Å². The number of ether oxygens (including phenoxy) is 2. The number of piperidine rings is 3. The van der Waals surface area contributed by atoms with Crippen molar-refractivity contribution >= 4 is 11.5 Å². The van der Waals surface area contributed by atoms with E-state index in [9.17, 15) is 0 Å². The molecule has 29 heavy (non-hydrogen) atoms. The number of rotatable bonds is 7. The van der Waals surface area contributed by atoms with Crippen molar-refractivity contribution in [2.45, 2.75) is 39.2 Å². The third kappa shape index (κ3) is 4.07. The molecule has 3 aliphatic rings. The van der Waals surface area contributed by atoms with Crippen molar-refractivity contribution in [3.05, 3.63) is 29.1 Å². The van der Waals surface area contributed by atoms with Gasteiger partial charge in [-0.2, -0.15) is 9.97 Å². The topological polar surface area (TPSA) is 98.4 Å². The maximum absolute atomic E-state index is 6.14. The van der Waals surface area contributed by atoms with Crippen LogP contribution in [0.4, 0.5) is 11.5 Å². The molecule has 5 heterocycles. The minimum absolute atomic E-state index is 0.324. The maximum Gasteiger partial charge on any atom is 0.318 e. The third-order valence-electron chi connectivity index (χ3n) is 6.03. The van der Waals surface area contributed by atoms with E-state index in [-0.39, 0.29) is 0 Å². The van der Waals surface area contributed by atoms with Gasteiger partial charge >= 0.3 is 6.01 Å². The number of hydrogen-bond donors (Lipinski definition) is 2. The summed E-state index contributed by atoms with van der Waals surface area (Å²) in [7, 11) is 1.67. The molecule has 2 aromatic rings. The summed E-state index contributed by atoms with van der Waals surface area (Å²) in [5.74, 6) is 2.45. The van der Waals surface area contributed by atoms with E-state index in [1.807, 2.05) is 13.8 Å². The Morgan fingerprint density at radius 3 is 2.66 bits per heavy atom. The molecule has 2 aromatic heterocycles. The molecular weight excluding hydrogens is 368 g/mol. The molecule has 3 fully saturated rings. The van der Waals surface area contributed by atoms with Crippen LogP contribution in [0.1, 0.15) is 42.6 Å². The first-order valence-corrected chi connectivity index (χ1v) is 10.4. The average Bonchev–Trinajstić information content (AvgIpc) is 2.76. The summed E-state index contributed by atoms with van der Waals surface area (Å²) in [5.41, 5.74) is 9.45. The van der Waals surface area contributed by atoms with Gasteiger partial charge in [0, 0.05) is 30.3 Å². The average molecular weight is 399 g/mol. The van der Waals surface area contributed by atoms with Gasteiger partial charge in [0.25, 0.3) is 0 Å². The van der Waals surface area contributed by atoms with Crippen LogP contribution in [0.25, 0.3) is 0 Å². The first-order chi connectivity index (χ1) is 14.1. The van der Waals surface area contributed by atoms with Crippen LogP contribution in [0.5, 0.6) is 11.9 Å². The minimum Gasteiger partial charge on any atom is -0.481 e. The van der Waals surface area contributed by atoms with Gasteiger partial charge in [-0.25, -0.2) is 4.98 Å². The predicted octanol–water partition coefficient (Wildman–Crippen LogP) is 2.59. The van der Waals surface area contributed by atoms with E-state index in [2.05, 4.69) is 32.3 Å². The number of anilines is 2. The molecule has 1 unspecified atom stereocenters. The molecule has 1 atom stereocenters. The number of nitrogens with zero attached hydrogens (tertiary/aromatic N) is 4. The quantitative estimate of drug-likeness (QED) is 0.734. The highest BCUT2D eigenvalue weighted by molar-refractivity contribution is 5.64. The monoisotopic (exact) mass is 398 g/mol. The predicted molar refractivity (Wildman–Crippen MR) is 112 cm³/mol. The molecule has 0 radical (unpaired) electrons. The molecule has 8 heteroatoms. The summed E-state index contributed by atoms with van der Waals surface area (Å²) in [4.78, 5) is 16.0. The van der Waals surface area contributed by atoms with E-state index in [1.54, 1.807) is 7.11 Å². The van der Waals surface area contributed by atoms with E-state index in [1.165, 1.54) is 25.9 Å². The fraction of sp³-hybridized carbons (Fsp3) is 0.571. The lowest BCUT2D eigenvalue weighted by Crippen LogP contribution is -2.46. The van der Waals surface area contributed by atoms with Gasteiger partial charge in [-0.05, 0) is 51.8 Å². The molecule has 0 amide bonds. The Hall–Kier alpha value is -2.61. The molecule has 0 spiro atoms. The van der Waals surface area contributed by atoms with Gasteiger partial charge in [-0.15, -0.1) is 0 Å². The van der Waals surface area contributed by atoms with Crippen molar-refractivity contribution < 1.29 is 9.47 Å². The van der Waals surface area contributed by atoms with E-state index in [4.69, 9.17) is 20.2 Å². The summed E-state index contributed by atoms with van der Waals surface area (Å²) in [5, 5.41) is 3.29. The van der Waals surface area contributed by atoms with Crippen molar-refractivity contribution in [1.82, 2.24) is 19.9 Å². The Balaban J connectivity index is 1.51. The number of nitrogen functional groups attached to an aromatic ring is 1. The Morgan fingerprint density at radius 1 is 1.21 bits per heavy atom. The first-order valence-electron chi connectivity index (χ1n) is 10.4. The number of hydrogen-bond acceptors (Lipinski definition) is 8. The third-order valence-corrected chi connectivity index (χ3v) is 6.03.